The molecule has 0 saturated carbocycles. The minimum absolute atomic E-state index is 0.216. The minimum Gasteiger partial charge on any atom is -0.453 e. The predicted octanol–water partition coefficient (Wildman–Crippen LogP) is 7.23. The molecule has 0 bridgehead atoms. The summed E-state index contributed by atoms with van der Waals surface area (Å²) >= 11 is 0. The van der Waals surface area contributed by atoms with Crippen molar-refractivity contribution in [2.24, 2.45) is 5.92 Å². The van der Waals surface area contributed by atoms with Crippen LogP contribution in [0.5, 0.6) is 11.5 Å². The molecule has 174 valence electrons. The van der Waals surface area contributed by atoms with E-state index in [0.29, 0.717) is 36.6 Å². The monoisotopic (exact) mass is 464 g/mol. The van der Waals surface area contributed by atoms with Crippen molar-refractivity contribution in [1.29, 1.82) is 0 Å². The molecule has 32 heavy (non-hydrogen) atoms. The highest BCUT2D eigenvalue weighted by molar-refractivity contribution is 5.36. The summed E-state index contributed by atoms with van der Waals surface area (Å²) in [6.45, 7) is 2.53. The lowest BCUT2D eigenvalue weighted by atomic mass is 9.92. The summed E-state index contributed by atoms with van der Waals surface area (Å²) in [7, 11) is 0. The second kappa shape index (κ2) is 9.81. The Labute approximate surface area is 179 Å². The lowest BCUT2D eigenvalue weighted by Crippen LogP contribution is -2.24. The van der Waals surface area contributed by atoms with Gasteiger partial charge in [-0.15, -0.1) is 0 Å². The van der Waals surface area contributed by atoms with E-state index in [9.17, 15) is 30.7 Å². The Balaban J connectivity index is 1.77. The summed E-state index contributed by atoms with van der Waals surface area (Å²) in [4.78, 5) is 0. The van der Waals surface area contributed by atoms with Crippen LogP contribution in [0.25, 0.3) is 0 Å². The largest absolute Gasteiger partial charge is 0.453 e. The van der Waals surface area contributed by atoms with E-state index >= 15 is 0 Å². The molecule has 0 N–H and O–H groups in total. The van der Waals surface area contributed by atoms with Crippen LogP contribution in [0.15, 0.2) is 42.7 Å². The van der Waals surface area contributed by atoms with Crippen LogP contribution in [0.4, 0.5) is 30.7 Å². The van der Waals surface area contributed by atoms with Gasteiger partial charge in [-0.3, -0.25) is 0 Å². The molecule has 2 unspecified atom stereocenters. The van der Waals surface area contributed by atoms with E-state index in [0.717, 1.165) is 25.0 Å². The molecule has 2 aromatic rings. The molecule has 2 aromatic carbocycles. The zero-order chi connectivity index (χ0) is 23.5. The maximum atomic E-state index is 14.5. The molecule has 1 fully saturated rings. The highest BCUT2D eigenvalue weighted by Crippen LogP contribution is 2.38. The average Bonchev–Trinajstić information content (AvgIpc) is 2.72. The summed E-state index contributed by atoms with van der Waals surface area (Å²) in [5.41, 5.74) is -0.754. The Morgan fingerprint density at radius 1 is 1.06 bits per heavy atom. The van der Waals surface area contributed by atoms with Crippen molar-refractivity contribution >= 4 is 0 Å². The van der Waals surface area contributed by atoms with Gasteiger partial charge in [-0.25, -0.2) is 13.2 Å². The topological polar surface area (TPSA) is 27.7 Å². The second-order valence-electron chi connectivity index (χ2n) is 7.27. The van der Waals surface area contributed by atoms with Gasteiger partial charge >= 0.3 is 12.2 Å². The third-order valence-corrected chi connectivity index (χ3v) is 5.11. The standard InChI is InChI=1S/C22H19F7O3/c1-2-12-3-6-19(30-10-12)13-4-5-15(16(23)7-13)22(28,29)32-14-8-17(24)21(18(25)9-14)31-11-20(26)27/h4-5,7-9,11-12,19H,2-3,6,10H2,1H3. The molecule has 0 aromatic heterocycles. The zero-order valence-electron chi connectivity index (χ0n) is 16.8. The number of rotatable bonds is 7. The van der Waals surface area contributed by atoms with Crippen LogP contribution in [0.3, 0.4) is 0 Å². The quantitative estimate of drug-likeness (QED) is 0.320. The van der Waals surface area contributed by atoms with Crippen molar-refractivity contribution in [2.75, 3.05) is 6.61 Å². The van der Waals surface area contributed by atoms with E-state index in [4.69, 9.17) is 4.74 Å². The molecule has 0 amide bonds. The predicted molar refractivity (Wildman–Crippen MR) is 99.9 cm³/mol. The number of hydrogen-bond donors (Lipinski definition) is 0. The first-order valence-corrected chi connectivity index (χ1v) is 9.76. The normalized spacial score (nSPS) is 18.9. The van der Waals surface area contributed by atoms with Gasteiger partial charge < -0.3 is 14.2 Å². The van der Waals surface area contributed by atoms with Gasteiger partial charge in [0.15, 0.2) is 23.6 Å². The average molecular weight is 464 g/mol. The van der Waals surface area contributed by atoms with Crippen LogP contribution in [0.1, 0.15) is 43.4 Å². The van der Waals surface area contributed by atoms with Gasteiger partial charge in [-0.2, -0.15) is 17.6 Å². The third kappa shape index (κ3) is 5.53. The number of halogens is 7. The van der Waals surface area contributed by atoms with E-state index in [1.54, 1.807) is 0 Å². The molecule has 0 aliphatic carbocycles. The molecule has 3 rings (SSSR count). The van der Waals surface area contributed by atoms with Crippen molar-refractivity contribution in [3.8, 4) is 11.5 Å². The number of hydrogen-bond acceptors (Lipinski definition) is 3. The molecule has 1 heterocycles. The molecule has 2 atom stereocenters. The summed E-state index contributed by atoms with van der Waals surface area (Å²) < 4.78 is 109. The van der Waals surface area contributed by atoms with Crippen LogP contribution < -0.4 is 9.47 Å². The highest BCUT2D eigenvalue weighted by atomic mass is 19.3. The maximum Gasteiger partial charge on any atom is 0.429 e. The molecular weight excluding hydrogens is 445 g/mol. The van der Waals surface area contributed by atoms with Crippen molar-refractivity contribution < 1.29 is 44.9 Å². The number of benzene rings is 2. The van der Waals surface area contributed by atoms with Crippen molar-refractivity contribution in [1.82, 2.24) is 0 Å². The van der Waals surface area contributed by atoms with Gasteiger partial charge in [0, 0.05) is 12.1 Å². The first-order chi connectivity index (χ1) is 15.1. The smallest absolute Gasteiger partial charge is 0.429 e. The van der Waals surface area contributed by atoms with Gasteiger partial charge in [0.2, 0.25) is 0 Å². The third-order valence-electron chi connectivity index (χ3n) is 5.11. The zero-order valence-corrected chi connectivity index (χ0v) is 16.8. The van der Waals surface area contributed by atoms with Gasteiger partial charge in [0.05, 0.1) is 18.3 Å². The Morgan fingerprint density at radius 2 is 1.75 bits per heavy atom. The Hall–Kier alpha value is -2.75. The number of ether oxygens (including phenoxy) is 3. The van der Waals surface area contributed by atoms with E-state index in [2.05, 4.69) is 9.47 Å². The molecule has 3 nitrogen and oxygen atoms in total. The molecular formula is C22H19F7O3. The lowest BCUT2D eigenvalue weighted by Gasteiger charge is -2.29. The van der Waals surface area contributed by atoms with Gasteiger partial charge in [0.1, 0.15) is 11.6 Å². The Kier molecular flexibility index (Phi) is 7.33. The van der Waals surface area contributed by atoms with Gasteiger partial charge in [-0.1, -0.05) is 19.4 Å². The minimum atomic E-state index is -4.28. The molecule has 1 aliphatic heterocycles. The van der Waals surface area contributed by atoms with Crippen LogP contribution in [-0.2, 0) is 10.8 Å². The summed E-state index contributed by atoms with van der Waals surface area (Å²) in [6, 6.07) is 3.63. The number of alkyl halides is 2. The lowest BCUT2D eigenvalue weighted by molar-refractivity contribution is -0.187. The fraction of sp³-hybridized carbons (Fsp3) is 0.364. The summed E-state index contributed by atoms with van der Waals surface area (Å²) in [5.74, 6) is -6.24. The SMILES string of the molecule is CCC1CCC(c2ccc(C(F)(F)Oc3cc(F)c(OC=C(F)F)c(F)c3)c(F)c2)OC1. The molecule has 0 radical (unpaired) electrons. The fourth-order valence-corrected chi connectivity index (χ4v) is 3.37. The summed E-state index contributed by atoms with van der Waals surface area (Å²) in [5, 5.41) is 0. The van der Waals surface area contributed by atoms with Crippen LogP contribution in [0, 0.1) is 23.4 Å². The van der Waals surface area contributed by atoms with E-state index in [1.807, 2.05) is 6.92 Å². The molecule has 1 saturated heterocycles. The van der Waals surface area contributed by atoms with E-state index < -0.39 is 52.8 Å². The second-order valence-corrected chi connectivity index (χ2v) is 7.27. The fourth-order valence-electron chi connectivity index (χ4n) is 3.37. The maximum absolute atomic E-state index is 14.5. The van der Waals surface area contributed by atoms with Crippen molar-refractivity contribution in [3.63, 3.8) is 0 Å². The Bertz CT molecular complexity index is 958. The van der Waals surface area contributed by atoms with Gasteiger partial charge in [0.25, 0.3) is 0 Å². The molecule has 0 spiro atoms. The first-order valence-electron chi connectivity index (χ1n) is 9.76. The van der Waals surface area contributed by atoms with Crippen molar-refractivity contribution in [2.45, 2.75) is 38.4 Å². The van der Waals surface area contributed by atoms with E-state index in [1.165, 1.54) is 6.07 Å². The van der Waals surface area contributed by atoms with Crippen molar-refractivity contribution in [3.05, 3.63) is 71.3 Å². The Morgan fingerprint density at radius 3 is 2.28 bits per heavy atom. The van der Waals surface area contributed by atoms with Crippen LogP contribution >= 0.6 is 0 Å². The van der Waals surface area contributed by atoms with Crippen LogP contribution in [0.2, 0.25) is 0 Å². The first kappa shape index (κ1) is 23.9. The van der Waals surface area contributed by atoms with Gasteiger partial charge in [-0.05, 0) is 36.5 Å². The molecule has 10 heteroatoms. The highest BCUT2D eigenvalue weighted by Gasteiger charge is 2.38. The van der Waals surface area contributed by atoms with E-state index in [-0.39, 0.29) is 6.26 Å². The molecule has 1 aliphatic rings. The van der Waals surface area contributed by atoms with Crippen LogP contribution in [-0.4, -0.2) is 6.61 Å². The summed E-state index contributed by atoms with van der Waals surface area (Å²) in [6.07, 6.45) is -4.84.